The molecule has 1 aromatic carbocycles. The highest BCUT2D eigenvalue weighted by Crippen LogP contribution is 2.30. The number of hydrogen-bond donors (Lipinski definition) is 1. The van der Waals surface area contributed by atoms with E-state index >= 15 is 0 Å². The molecule has 16 heavy (non-hydrogen) atoms. The Morgan fingerprint density at radius 1 is 1.44 bits per heavy atom. The zero-order valence-electron chi connectivity index (χ0n) is 8.82. The Morgan fingerprint density at radius 2 is 2.12 bits per heavy atom. The molecular formula is C11H12BrCl2NO. The minimum absolute atomic E-state index is 0.557. The zero-order valence-corrected chi connectivity index (χ0v) is 11.9. The standard InChI is InChI=1S/C11H12BrCl2NO/c1-7(12)5-15-6-8-3-10(14)11(16-2)4-9(8)13/h3-4,15H,1,5-6H2,2H3. The third-order valence-electron chi connectivity index (χ3n) is 1.95. The highest BCUT2D eigenvalue weighted by Gasteiger charge is 2.07. The van der Waals surface area contributed by atoms with Gasteiger partial charge in [-0.2, -0.15) is 0 Å². The van der Waals surface area contributed by atoms with Crippen molar-refractivity contribution in [2.75, 3.05) is 13.7 Å². The van der Waals surface area contributed by atoms with Crippen molar-refractivity contribution in [2.45, 2.75) is 6.54 Å². The first-order valence-electron chi connectivity index (χ1n) is 4.60. The summed E-state index contributed by atoms with van der Waals surface area (Å²) in [6.07, 6.45) is 0. The second-order valence-corrected chi connectivity index (χ2v) is 5.13. The van der Waals surface area contributed by atoms with Crippen molar-refractivity contribution in [3.63, 3.8) is 0 Å². The molecule has 0 aliphatic carbocycles. The van der Waals surface area contributed by atoms with Gasteiger partial charge in [-0.1, -0.05) is 45.7 Å². The Morgan fingerprint density at radius 3 is 2.69 bits per heavy atom. The first-order chi connectivity index (χ1) is 7.54. The Labute approximate surface area is 114 Å². The molecule has 1 N–H and O–H groups in total. The van der Waals surface area contributed by atoms with Gasteiger partial charge in [0.15, 0.2) is 0 Å². The molecule has 88 valence electrons. The van der Waals surface area contributed by atoms with Gasteiger partial charge in [-0.05, 0) is 11.6 Å². The minimum atomic E-state index is 0.557. The van der Waals surface area contributed by atoms with Crippen molar-refractivity contribution in [1.29, 1.82) is 0 Å². The van der Waals surface area contributed by atoms with E-state index in [0.717, 1.165) is 10.0 Å². The molecule has 0 aliphatic heterocycles. The lowest BCUT2D eigenvalue weighted by Gasteiger charge is -2.09. The molecule has 0 aliphatic rings. The molecule has 0 saturated carbocycles. The summed E-state index contributed by atoms with van der Waals surface area (Å²) < 4.78 is 5.96. The van der Waals surface area contributed by atoms with Crippen molar-refractivity contribution >= 4 is 39.1 Å². The SMILES string of the molecule is C=C(Br)CNCc1cc(Cl)c(OC)cc1Cl. The molecule has 0 unspecified atom stereocenters. The van der Waals surface area contributed by atoms with Crippen LogP contribution in [0.2, 0.25) is 10.0 Å². The van der Waals surface area contributed by atoms with Crippen LogP contribution in [0, 0.1) is 0 Å². The van der Waals surface area contributed by atoms with Gasteiger partial charge in [0.25, 0.3) is 0 Å². The van der Waals surface area contributed by atoms with E-state index in [1.165, 1.54) is 0 Å². The number of rotatable bonds is 5. The van der Waals surface area contributed by atoms with Crippen LogP contribution in [0.15, 0.2) is 23.2 Å². The lowest BCUT2D eigenvalue weighted by atomic mass is 10.2. The maximum Gasteiger partial charge on any atom is 0.138 e. The van der Waals surface area contributed by atoms with Gasteiger partial charge < -0.3 is 10.1 Å². The molecule has 1 rings (SSSR count). The van der Waals surface area contributed by atoms with Crippen LogP contribution < -0.4 is 10.1 Å². The number of ether oxygens (including phenoxy) is 1. The highest BCUT2D eigenvalue weighted by atomic mass is 79.9. The van der Waals surface area contributed by atoms with Crippen molar-refractivity contribution in [3.05, 3.63) is 38.8 Å². The van der Waals surface area contributed by atoms with Crippen LogP contribution in [-0.4, -0.2) is 13.7 Å². The summed E-state index contributed by atoms with van der Waals surface area (Å²) in [7, 11) is 1.56. The van der Waals surface area contributed by atoms with Gasteiger partial charge in [-0.25, -0.2) is 0 Å². The van der Waals surface area contributed by atoms with Crippen LogP contribution in [0.4, 0.5) is 0 Å². The lowest BCUT2D eigenvalue weighted by Crippen LogP contribution is -2.14. The van der Waals surface area contributed by atoms with E-state index < -0.39 is 0 Å². The maximum atomic E-state index is 6.08. The molecule has 2 nitrogen and oxygen atoms in total. The fourth-order valence-corrected chi connectivity index (χ4v) is 1.88. The van der Waals surface area contributed by atoms with Crippen molar-refractivity contribution in [3.8, 4) is 5.75 Å². The summed E-state index contributed by atoms with van der Waals surface area (Å²) >= 11 is 15.4. The van der Waals surface area contributed by atoms with E-state index in [1.54, 1.807) is 19.2 Å². The third-order valence-corrected chi connectivity index (χ3v) is 2.88. The second-order valence-electron chi connectivity index (χ2n) is 3.20. The van der Waals surface area contributed by atoms with E-state index in [2.05, 4.69) is 27.8 Å². The average molecular weight is 325 g/mol. The molecule has 0 heterocycles. The fraction of sp³-hybridized carbons (Fsp3) is 0.273. The van der Waals surface area contributed by atoms with Gasteiger partial charge >= 0.3 is 0 Å². The summed E-state index contributed by atoms with van der Waals surface area (Å²) in [6.45, 7) is 5.04. The number of benzene rings is 1. The largest absolute Gasteiger partial charge is 0.495 e. The third kappa shape index (κ3) is 3.98. The van der Waals surface area contributed by atoms with Crippen LogP contribution >= 0.6 is 39.1 Å². The molecule has 0 saturated heterocycles. The Balaban J connectivity index is 2.73. The van der Waals surface area contributed by atoms with E-state index in [4.69, 9.17) is 27.9 Å². The number of nitrogens with one attached hydrogen (secondary N) is 1. The molecule has 0 atom stereocenters. The van der Waals surface area contributed by atoms with Crippen LogP contribution in [0.25, 0.3) is 0 Å². The topological polar surface area (TPSA) is 21.3 Å². The van der Waals surface area contributed by atoms with Crippen LogP contribution in [0.5, 0.6) is 5.75 Å². The number of methoxy groups -OCH3 is 1. The molecule has 0 aromatic heterocycles. The Kier molecular flexibility index (Phi) is 5.62. The normalized spacial score (nSPS) is 10.2. The van der Waals surface area contributed by atoms with Gasteiger partial charge in [-0.3, -0.25) is 0 Å². The quantitative estimate of drug-likeness (QED) is 0.884. The van der Waals surface area contributed by atoms with Gasteiger partial charge in [0.1, 0.15) is 5.75 Å². The monoisotopic (exact) mass is 323 g/mol. The van der Waals surface area contributed by atoms with Crippen LogP contribution in [-0.2, 0) is 6.54 Å². The van der Waals surface area contributed by atoms with Gasteiger partial charge in [0.2, 0.25) is 0 Å². The molecule has 0 bridgehead atoms. The summed E-state index contributed by atoms with van der Waals surface area (Å²) in [6, 6.07) is 3.51. The smallest absolute Gasteiger partial charge is 0.138 e. The average Bonchev–Trinajstić information content (AvgIpc) is 2.22. The first kappa shape index (κ1) is 13.8. The number of halogens is 3. The van der Waals surface area contributed by atoms with Gasteiger partial charge in [0.05, 0.1) is 12.1 Å². The van der Waals surface area contributed by atoms with Crippen LogP contribution in [0.1, 0.15) is 5.56 Å². The zero-order chi connectivity index (χ0) is 12.1. The predicted octanol–water partition coefficient (Wildman–Crippen LogP) is 4.00. The van der Waals surface area contributed by atoms with E-state index in [0.29, 0.717) is 28.9 Å². The van der Waals surface area contributed by atoms with Crippen molar-refractivity contribution < 1.29 is 4.74 Å². The van der Waals surface area contributed by atoms with E-state index in [1.807, 2.05) is 0 Å². The summed E-state index contributed by atoms with van der Waals surface area (Å²) in [4.78, 5) is 0. The maximum absolute atomic E-state index is 6.08. The van der Waals surface area contributed by atoms with E-state index in [-0.39, 0.29) is 0 Å². The highest BCUT2D eigenvalue weighted by molar-refractivity contribution is 9.11. The summed E-state index contributed by atoms with van der Waals surface area (Å²) in [5.41, 5.74) is 0.932. The Hall–Kier alpha value is -0.220. The van der Waals surface area contributed by atoms with Gasteiger partial charge in [-0.15, -0.1) is 0 Å². The lowest BCUT2D eigenvalue weighted by molar-refractivity contribution is 0.415. The Bertz CT molecular complexity index is 396. The number of hydrogen-bond acceptors (Lipinski definition) is 2. The predicted molar refractivity (Wildman–Crippen MR) is 72.8 cm³/mol. The second kappa shape index (κ2) is 6.50. The molecule has 0 amide bonds. The first-order valence-corrected chi connectivity index (χ1v) is 6.15. The van der Waals surface area contributed by atoms with Crippen molar-refractivity contribution in [1.82, 2.24) is 5.32 Å². The van der Waals surface area contributed by atoms with Gasteiger partial charge in [0, 0.05) is 28.7 Å². The molecule has 0 radical (unpaired) electrons. The van der Waals surface area contributed by atoms with Crippen LogP contribution in [0.3, 0.4) is 0 Å². The molecule has 0 spiro atoms. The van der Waals surface area contributed by atoms with E-state index in [9.17, 15) is 0 Å². The molecule has 1 aromatic rings. The van der Waals surface area contributed by atoms with Crippen molar-refractivity contribution in [2.24, 2.45) is 0 Å². The fourth-order valence-electron chi connectivity index (χ4n) is 1.19. The molecular weight excluding hydrogens is 313 g/mol. The molecule has 5 heteroatoms. The minimum Gasteiger partial charge on any atom is -0.495 e. The summed E-state index contributed by atoms with van der Waals surface area (Å²) in [5, 5.41) is 4.37. The molecule has 0 fully saturated rings. The summed E-state index contributed by atoms with van der Waals surface area (Å²) in [5.74, 6) is 0.584.